The summed E-state index contributed by atoms with van der Waals surface area (Å²) >= 11 is 0. The molecule has 26 heavy (non-hydrogen) atoms. The van der Waals surface area contributed by atoms with E-state index in [2.05, 4.69) is 0 Å². The molecule has 0 aromatic heterocycles. The summed E-state index contributed by atoms with van der Waals surface area (Å²) in [7, 11) is 3.46. The molecule has 0 aliphatic carbocycles. The molecule has 0 unspecified atom stereocenters. The number of hydrogen-bond donors (Lipinski definition) is 1. The standard InChI is InChI=1S/C18H24N2O6/c1-19(5-6-24-2)10-17(21)20-8-13(14(9-20)18(22)23)12-3-4-15-16(7-12)26-11-25-15/h3-4,7,13-14H,5-6,8-11H2,1-2H3,(H,22,23)/t13-,14+/m1/s1. The average Bonchev–Trinajstić information content (AvgIpc) is 3.25. The highest BCUT2D eigenvalue weighted by molar-refractivity contribution is 5.81. The molecule has 1 N–H and O–H groups in total. The van der Waals surface area contributed by atoms with Gasteiger partial charge in [0.25, 0.3) is 0 Å². The Morgan fingerprint density at radius 3 is 2.81 bits per heavy atom. The number of ether oxygens (including phenoxy) is 3. The Kier molecular flexibility index (Phi) is 5.63. The molecule has 2 aliphatic heterocycles. The second kappa shape index (κ2) is 7.92. The number of carboxylic acids is 1. The molecule has 8 heteroatoms. The largest absolute Gasteiger partial charge is 0.481 e. The van der Waals surface area contributed by atoms with E-state index < -0.39 is 11.9 Å². The quantitative estimate of drug-likeness (QED) is 0.759. The molecule has 2 heterocycles. The predicted octanol–water partition coefficient (Wildman–Crippen LogP) is 0.620. The summed E-state index contributed by atoms with van der Waals surface area (Å²) in [6.07, 6.45) is 0. The first-order valence-electron chi connectivity index (χ1n) is 8.57. The number of carbonyl (C=O) groups is 2. The fourth-order valence-electron chi connectivity index (χ4n) is 3.40. The van der Waals surface area contributed by atoms with Crippen LogP contribution in [-0.4, -0.2) is 80.5 Å². The van der Waals surface area contributed by atoms with Gasteiger partial charge < -0.3 is 24.2 Å². The SMILES string of the molecule is COCCN(C)CC(=O)N1C[C@H](C(=O)O)[C@@H](c2ccc3c(c2)OCO3)C1. The Morgan fingerprint density at radius 2 is 2.08 bits per heavy atom. The molecular formula is C18H24N2O6. The van der Waals surface area contributed by atoms with Gasteiger partial charge in [-0.25, -0.2) is 0 Å². The molecule has 3 rings (SSSR count). The Morgan fingerprint density at radius 1 is 1.31 bits per heavy atom. The van der Waals surface area contributed by atoms with Crippen molar-refractivity contribution >= 4 is 11.9 Å². The lowest BCUT2D eigenvalue weighted by Gasteiger charge is -2.21. The number of fused-ring (bicyclic) bond motifs is 1. The summed E-state index contributed by atoms with van der Waals surface area (Å²) in [5, 5.41) is 9.62. The van der Waals surface area contributed by atoms with Crippen LogP contribution in [0.15, 0.2) is 18.2 Å². The van der Waals surface area contributed by atoms with Crippen LogP contribution in [0.3, 0.4) is 0 Å². The van der Waals surface area contributed by atoms with Crippen molar-refractivity contribution in [2.45, 2.75) is 5.92 Å². The maximum absolute atomic E-state index is 12.6. The topological polar surface area (TPSA) is 88.5 Å². The first kappa shape index (κ1) is 18.5. The van der Waals surface area contributed by atoms with Gasteiger partial charge in [-0.05, 0) is 24.7 Å². The van der Waals surface area contributed by atoms with Crippen LogP contribution in [0.25, 0.3) is 0 Å². The van der Waals surface area contributed by atoms with Crippen LogP contribution in [0, 0.1) is 5.92 Å². The molecule has 1 saturated heterocycles. The van der Waals surface area contributed by atoms with E-state index in [1.807, 2.05) is 24.1 Å². The van der Waals surface area contributed by atoms with Gasteiger partial charge in [0.2, 0.25) is 12.7 Å². The zero-order chi connectivity index (χ0) is 18.7. The molecule has 0 saturated carbocycles. The highest BCUT2D eigenvalue weighted by Crippen LogP contribution is 2.39. The molecule has 1 aromatic rings. The minimum absolute atomic E-state index is 0.0712. The van der Waals surface area contributed by atoms with E-state index in [1.165, 1.54) is 0 Å². The summed E-state index contributed by atoms with van der Waals surface area (Å²) in [5.41, 5.74) is 0.852. The lowest BCUT2D eigenvalue weighted by Crippen LogP contribution is -2.39. The Labute approximate surface area is 152 Å². The molecule has 142 valence electrons. The van der Waals surface area contributed by atoms with Crippen LogP contribution in [0.1, 0.15) is 11.5 Å². The number of benzene rings is 1. The van der Waals surface area contributed by atoms with E-state index in [4.69, 9.17) is 14.2 Å². The van der Waals surface area contributed by atoms with Gasteiger partial charge in [0.1, 0.15) is 0 Å². The third kappa shape index (κ3) is 3.91. The normalized spacial score (nSPS) is 21.4. The summed E-state index contributed by atoms with van der Waals surface area (Å²) in [4.78, 5) is 27.8. The van der Waals surface area contributed by atoms with E-state index in [-0.39, 0.29) is 31.7 Å². The minimum Gasteiger partial charge on any atom is -0.481 e. The van der Waals surface area contributed by atoms with Crippen molar-refractivity contribution in [2.75, 3.05) is 53.7 Å². The van der Waals surface area contributed by atoms with Gasteiger partial charge in [0.15, 0.2) is 11.5 Å². The van der Waals surface area contributed by atoms with Gasteiger partial charge in [-0.3, -0.25) is 14.5 Å². The van der Waals surface area contributed by atoms with Gasteiger partial charge >= 0.3 is 5.97 Å². The fraction of sp³-hybridized carbons (Fsp3) is 0.556. The van der Waals surface area contributed by atoms with Crippen molar-refractivity contribution in [2.24, 2.45) is 5.92 Å². The molecule has 2 aliphatic rings. The number of likely N-dealkylation sites (N-methyl/N-ethyl adjacent to an activating group) is 1. The molecule has 1 amide bonds. The Bertz CT molecular complexity index is 680. The molecule has 0 radical (unpaired) electrons. The first-order valence-corrected chi connectivity index (χ1v) is 8.57. The Balaban J connectivity index is 1.70. The summed E-state index contributed by atoms with van der Waals surface area (Å²) in [5.74, 6) is -0.588. The number of likely N-dealkylation sites (tertiary alicyclic amines) is 1. The van der Waals surface area contributed by atoms with E-state index in [9.17, 15) is 14.7 Å². The number of methoxy groups -OCH3 is 1. The van der Waals surface area contributed by atoms with Crippen molar-refractivity contribution in [3.05, 3.63) is 23.8 Å². The number of hydrogen-bond acceptors (Lipinski definition) is 6. The summed E-state index contributed by atoms with van der Waals surface area (Å²) in [6, 6.07) is 5.47. The molecule has 1 aromatic carbocycles. The van der Waals surface area contributed by atoms with Crippen molar-refractivity contribution in [1.82, 2.24) is 9.80 Å². The fourth-order valence-corrected chi connectivity index (χ4v) is 3.40. The molecule has 8 nitrogen and oxygen atoms in total. The number of carbonyl (C=O) groups excluding carboxylic acids is 1. The maximum Gasteiger partial charge on any atom is 0.308 e. The molecule has 2 atom stereocenters. The van der Waals surface area contributed by atoms with Crippen molar-refractivity contribution in [3.8, 4) is 11.5 Å². The van der Waals surface area contributed by atoms with E-state index >= 15 is 0 Å². The van der Waals surface area contributed by atoms with Crippen molar-refractivity contribution in [1.29, 1.82) is 0 Å². The molecule has 0 spiro atoms. The van der Waals surface area contributed by atoms with Crippen LogP contribution >= 0.6 is 0 Å². The predicted molar refractivity (Wildman–Crippen MR) is 92.4 cm³/mol. The van der Waals surface area contributed by atoms with Crippen LogP contribution in [0.4, 0.5) is 0 Å². The van der Waals surface area contributed by atoms with E-state index in [0.717, 1.165) is 5.56 Å². The van der Waals surface area contributed by atoms with Crippen LogP contribution in [0.2, 0.25) is 0 Å². The third-order valence-electron chi connectivity index (χ3n) is 4.90. The maximum atomic E-state index is 12.6. The molecule has 0 bridgehead atoms. The van der Waals surface area contributed by atoms with E-state index in [0.29, 0.717) is 31.2 Å². The lowest BCUT2D eigenvalue weighted by atomic mass is 9.89. The van der Waals surface area contributed by atoms with Crippen molar-refractivity contribution in [3.63, 3.8) is 0 Å². The van der Waals surface area contributed by atoms with Crippen LogP contribution in [-0.2, 0) is 14.3 Å². The van der Waals surface area contributed by atoms with Crippen LogP contribution < -0.4 is 9.47 Å². The first-order chi connectivity index (χ1) is 12.5. The third-order valence-corrected chi connectivity index (χ3v) is 4.90. The number of nitrogens with zero attached hydrogens (tertiary/aromatic N) is 2. The zero-order valence-electron chi connectivity index (χ0n) is 15.0. The number of rotatable bonds is 7. The van der Waals surface area contributed by atoms with Gasteiger partial charge in [-0.2, -0.15) is 0 Å². The Hall–Kier alpha value is -2.32. The van der Waals surface area contributed by atoms with Gasteiger partial charge in [-0.1, -0.05) is 6.07 Å². The van der Waals surface area contributed by atoms with Gasteiger partial charge in [-0.15, -0.1) is 0 Å². The summed E-state index contributed by atoms with van der Waals surface area (Å²) in [6.45, 7) is 2.19. The number of carboxylic acid groups (broad SMARTS) is 1. The smallest absolute Gasteiger partial charge is 0.308 e. The number of amides is 1. The van der Waals surface area contributed by atoms with Crippen LogP contribution in [0.5, 0.6) is 11.5 Å². The monoisotopic (exact) mass is 364 g/mol. The van der Waals surface area contributed by atoms with Gasteiger partial charge in [0.05, 0.1) is 19.1 Å². The zero-order valence-corrected chi connectivity index (χ0v) is 15.0. The summed E-state index contributed by atoms with van der Waals surface area (Å²) < 4.78 is 15.7. The minimum atomic E-state index is -0.893. The lowest BCUT2D eigenvalue weighted by molar-refractivity contribution is -0.141. The van der Waals surface area contributed by atoms with Gasteiger partial charge in [0, 0.05) is 32.7 Å². The highest BCUT2D eigenvalue weighted by atomic mass is 16.7. The van der Waals surface area contributed by atoms with Crippen molar-refractivity contribution < 1.29 is 28.9 Å². The average molecular weight is 364 g/mol. The second-order valence-corrected chi connectivity index (χ2v) is 6.69. The van der Waals surface area contributed by atoms with E-state index in [1.54, 1.807) is 18.1 Å². The highest BCUT2D eigenvalue weighted by Gasteiger charge is 2.41. The number of aliphatic carboxylic acids is 1. The molecule has 1 fully saturated rings. The molecular weight excluding hydrogens is 340 g/mol. The second-order valence-electron chi connectivity index (χ2n) is 6.69.